The molecule has 1 aromatic carbocycles. The van der Waals surface area contributed by atoms with Crippen molar-refractivity contribution in [3.05, 3.63) is 68.1 Å². The van der Waals surface area contributed by atoms with Crippen LogP contribution in [0, 0.1) is 0 Å². The largest absolute Gasteiger partial charge is 0.497 e. The van der Waals surface area contributed by atoms with Crippen LogP contribution in [-0.4, -0.2) is 36.0 Å². The fourth-order valence-electron chi connectivity index (χ4n) is 3.56. The molecule has 3 aromatic heterocycles. The van der Waals surface area contributed by atoms with Crippen molar-refractivity contribution in [1.82, 2.24) is 28.9 Å². The summed E-state index contributed by atoms with van der Waals surface area (Å²) in [5, 5.41) is 4.69. The van der Waals surface area contributed by atoms with Crippen LogP contribution in [0.25, 0.3) is 17.1 Å². The number of benzene rings is 1. The van der Waals surface area contributed by atoms with E-state index in [1.807, 2.05) is 44.2 Å². The maximum atomic E-state index is 12.8. The van der Waals surface area contributed by atoms with Crippen LogP contribution in [0.15, 0.2) is 39.9 Å². The summed E-state index contributed by atoms with van der Waals surface area (Å²) in [6.07, 6.45) is 1.54. The van der Waals surface area contributed by atoms with Gasteiger partial charge in [0, 0.05) is 12.7 Å². The van der Waals surface area contributed by atoms with Gasteiger partial charge in [0.25, 0.3) is 5.56 Å². The second-order valence-electron chi connectivity index (χ2n) is 7.09. The maximum Gasteiger partial charge on any atom is 0.329 e. The topological polar surface area (TPSA) is 99.7 Å². The van der Waals surface area contributed by atoms with E-state index >= 15 is 0 Å². The third-order valence-electron chi connectivity index (χ3n) is 5.21. The number of nitrogens with one attached hydrogen (secondary N) is 1. The normalized spacial score (nSPS) is 11.3. The molecule has 9 heteroatoms. The lowest BCUT2D eigenvalue weighted by molar-refractivity contribution is 0.414. The van der Waals surface area contributed by atoms with E-state index in [9.17, 15) is 9.59 Å². The molecule has 4 aromatic rings. The molecule has 0 aliphatic heterocycles. The van der Waals surface area contributed by atoms with Gasteiger partial charge in [-0.15, -0.1) is 0 Å². The van der Waals surface area contributed by atoms with Gasteiger partial charge < -0.3 is 4.74 Å². The van der Waals surface area contributed by atoms with Gasteiger partial charge in [0.2, 0.25) is 5.95 Å². The summed E-state index contributed by atoms with van der Waals surface area (Å²) >= 11 is 0. The highest BCUT2D eigenvalue weighted by atomic mass is 16.5. The predicted molar refractivity (Wildman–Crippen MR) is 114 cm³/mol. The molecule has 0 aliphatic rings. The predicted octanol–water partition coefficient (Wildman–Crippen LogP) is 1.79. The standard InChI is InChI=1S/C21H24N6O3/c1-5-14-11-15(6-2)27(24-14)20-22-18-17(19(28)23-21(29)25(18)3)26(20)12-13-8-7-9-16(10-13)30-4/h7-11H,5-6,12H2,1-4H3,(H,23,28,29). The van der Waals surface area contributed by atoms with Crippen molar-refractivity contribution in [2.24, 2.45) is 7.05 Å². The van der Waals surface area contributed by atoms with Crippen LogP contribution in [0.3, 0.4) is 0 Å². The van der Waals surface area contributed by atoms with Crippen LogP contribution in [0.1, 0.15) is 30.8 Å². The number of fused-ring (bicyclic) bond motifs is 1. The van der Waals surface area contributed by atoms with Gasteiger partial charge >= 0.3 is 5.69 Å². The minimum absolute atomic E-state index is 0.317. The minimum Gasteiger partial charge on any atom is -0.497 e. The molecule has 4 rings (SSSR count). The first-order valence-corrected chi connectivity index (χ1v) is 9.87. The van der Waals surface area contributed by atoms with E-state index in [-0.39, 0.29) is 0 Å². The molecule has 0 radical (unpaired) electrons. The first-order valence-electron chi connectivity index (χ1n) is 9.87. The molecule has 0 spiro atoms. The monoisotopic (exact) mass is 408 g/mol. The molecule has 0 amide bonds. The van der Waals surface area contributed by atoms with Gasteiger partial charge in [0.05, 0.1) is 19.3 Å². The summed E-state index contributed by atoms with van der Waals surface area (Å²) < 4.78 is 10.2. The van der Waals surface area contributed by atoms with Gasteiger partial charge in [-0.1, -0.05) is 26.0 Å². The van der Waals surface area contributed by atoms with E-state index in [0.717, 1.165) is 35.5 Å². The van der Waals surface area contributed by atoms with E-state index in [2.05, 4.69) is 9.97 Å². The highest BCUT2D eigenvalue weighted by Gasteiger charge is 2.21. The molecule has 0 bridgehead atoms. The minimum atomic E-state index is -0.504. The Morgan fingerprint density at radius 1 is 1.13 bits per heavy atom. The third kappa shape index (κ3) is 3.22. The van der Waals surface area contributed by atoms with Crippen LogP contribution in [-0.2, 0) is 26.4 Å². The summed E-state index contributed by atoms with van der Waals surface area (Å²) in [5.41, 5.74) is 2.52. The molecule has 0 unspecified atom stereocenters. The average molecular weight is 408 g/mol. The Morgan fingerprint density at radius 2 is 1.93 bits per heavy atom. The van der Waals surface area contributed by atoms with Gasteiger partial charge in [-0.05, 0) is 36.6 Å². The van der Waals surface area contributed by atoms with E-state index in [1.54, 1.807) is 23.4 Å². The molecule has 0 fully saturated rings. The average Bonchev–Trinajstić information content (AvgIpc) is 3.33. The number of imidazole rings is 1. The zero-order valence-electron chi connectivity index (χ0n) is 17.5. The number of ether oxygens (including phenoxy) is 1. The van der Waals surface area contributed by atoms with Crippen molar-refractivity contribution in [2.75, 3.05) is 7.11 Å². The van der Waals surface area contributed by atoms with Crippen molar-refractivity contribution in [2.45, 2.75) is 33.2 Å². The van der Waals surface area contributed by atoms with Crippen molar-refractivity contribution in [1.29, 1.82) is 0 Å². The lowest BCUT2D eigenvalue weighted by atomic mass is 10.2. The summed E-state index contributed by atoms with van der Waals surface area (Å²) in [7, 11) is 3.20. The number of nitrogens with zero attached hydrogens (tertiary/aromatic N) is 5. The molecule has 0 atom stereocenters. The molecular weight excluding hydrogens is 384 g/mol. The number of hydrogen-bond acceptors (Lipinski definition) is 5. The summed E-state index contributed by atoms with van der Waals surface area (Å²) in [6, 6.07) is 9.66. The number of rotatable bonds is 6. The fourth-order valence-corrected chi connectivity index (χ4v) is 3.56. The van der Waals surface area contributed by atoms with Crippen molar-refractivity contribution in [3.8, 4) is 11.7 Å². The summed E-state index contributed by atoms with van der Waals surface area (Å²) in [5.74, 6) is 1.22. The molecule has 156 valence electrons. The molecule has 0 aliphatic carbocycles. The van der Waals surface area contributed by atoms with Crippen LogP contribution in [0.5, 0.6) is 5.75 Å². The van der Waals surface area contributed by atoms with Crippen LogP contribution in [0.2, 0.25) is 0 Å². The molecular formula is C21H24N6O3. The molecule has 3 heterocycles. The number of aromatic nitrogens is 6. The number of aryl methyl sites for hydroxylation is 3. The zero-order valence-corrected chi connectivity index (χ0v) is 17.5. The molecule has 30 heavy (non-hydrogen) atoms. The summed E-state index contributed by atoms with van der Waals surface area (Å²) in [4.78, 5) is 32.0. The second-order valence-corrected chi connectivity index (χ2v) is 7.09. The summed E-state index contributed by atoms with van der Waals surface area (Å²) in [6.45, 7) is 4.46. The van der Waals surface area contributed by atoms with Crippen LogP contribution < -0.4 is 16.0 Å². The molecule has 9 nitrogen and oxygen atoms in total. The van der Waals surface area contributed by atoms with Crippen molar-refractivity contribution in [3.63, 3.8) is 0 Å². The highest BCUT2D eigenvalue weighted by molar-refractivity contribution is 5.72. The first-order chi connectivity index (χ1) is 14.5. The van der Waals surface area contributed by atoms with Gasteiger partial charge in [-0.3, -0.25) is 18.9 Å². The highest BCUT2D eigenvalue weighted by Crippen LogP contribution is 2.21. The van der Waals surface area contributed by atoms with E-state index in [1.165, 1.54) is 4.57 Å². The Labute approximate surface area is 172 Å². The number of hydrogen-bond donors (Lipinski definition) is 1. The van der Waals surface area contributed by atoms with E-state index in [0.29, 0.717) is 23.7 Å². The van der Waals surface area contributed by atoms with Crippen molar-refractivity contribution < 1.29 is 4.74 Å². The van der Waals surface area contributed by atoms with Crippen LogP contribution >= 0.6 is 0 Å². The lowest BCUT2D eigenvalue weighted by Crippen LogP contribution is -2.29. The van der Waals surface area contributed by atoms with Gasteiger partial charge in [0.1, 0.15) is 5.75 Å². The molecule has 0 saturated heterocycles. The first kappa shape index (κ1) is 19.7. The SMILES string of the molecule is CCc1cc(CC)n(-c2nc3c(c(=O)[nH]c(=O)n3C)n2Cc2cccc(OC)c2)n1. The molecule has 0 saturated carbocycles. The van der Waals surface area contributed by atoms with Crippen molar-refractivity contribution >= 4 is 11.2 Å². The number of methoxy groups -OCH3 is 1. The fraction of sp³-hybridized carbons (Fsp3) is 0.333. The molecule has 1 N–H and O–H groups in total. The van der Waals surface area contributed by atoms with Gasteiger partial charge in [-0.2, -0.15) is 10.1 Å². The maximum absolute atomic E-state index is 12.8. The van der Waals surface area contributed by atoms with Gasteiger partial charge in [0.15, 0.2) is 11.2 Å². The smallest absolute Gasteiger partial charge is 0.329 e. The Kier molecular flexibility index (Phi) is 5.03. The van der Waals surface area contributed by atoms with E-state index in [4.69, 9.17) is 9.84 Å². The van der Waals surface area contributed by atoms with Gasteiger partial charge in [-0.25, -0.2) is 9.48 Å². The second kappa shape index (κ2) is 7.66. The Morgan fingerprint density at radius 3 is 2.63 bits per heavy atom. The quantitative estimate of drug-likeness (QED) is 0.524. The Balaban J connectivity index is 2.02. The van der Waals surface area contributed by atoms with Crippen LogP contribution in [0.4, 0.5) is 0 Å². The third-order valence-corrected chi connectivity index (χ3v) is 5.21. The van der Waals surface area contributed by atoms with E-state index < -0.39 is 11.2 Å². The zero-order chi connectivity index (χ0) is 21.4. The Bertz CT molecular complexity index is 1340. The lowest BCUT2D eigenvalue weighted by Gasteiger charge is -2.11. The number of aromatic amines is 1. The Hall–Kier alpha value is -3.62. The number of H-pyrrole nitrogens is 1.